The predicted molar refractivity (Wildman–Crippen MR) is 114 cm³/mol. The van der Waals surface area contributed by atoms with Crippen LogP contribution in [0.2, 0.25) is 0 Å². The third-order valence-electron chi connectivity index (χ3n) is 5.42. The second kappa shape index (κ2) is 12.1. The van der Waals surface area contributed by atoms with Crippen LogP contribution in [0, 0.1) is 0 Å². The second-order valence-corrected chi connectivity index (χ2v) is 8.13. The number of hydrogen-bond acceptors (Lipinski definition) is 7. The van der Waals surface area contributed by atoms with Gasteiger partial charge in [0.1, 0.15) is 24.1 Å². The van der Waals surface area contributed by atoms with Crippen LogP contribution >= 0.6 is 0 Å². The van der Waals surface area contributed by atoms with Gasteiger partial charge in [0.2, 0.25) is 11.8 Å². The second-order valence-electron chi connectivity index (χ2n) is 8.13. The largest absolute Gasteiger partial charge is 0.394 e. The first kappa shape index (κ1) is 26.8. The molecule has 33 heavy (non-hydrogen) atoms. The van der Waals surface area contributed by atoms with E-state index in [9.17, 15) is 38.5 Å². The molecule has 2 amide bonds. The van der Waals surface area contributed by atoms with Crippen molar-refractivity contribution in [2.75, 3.05) is 11.9 Å². The summed E-state index contributed by atoms with van der Waals surface area (Å²) in [4.78, 5) is 34.5. The van der Waals surface area contributed by atoms with Crippen LogP contribution in [0.3, 0.4) is 0 Å². The molecule has 0 aliphatic carbocycles. The first-order valence-electron chi connectivity index (χ1n) is 10.6. The Morgan fingerprint density at radius 2 is 1.79 bits per heavy atom. The van der Waals surface area contributed by atoms with Crippen LogP contribution < -0.4 is 10.6 Å². The fourth-order valence-corrected chi connectivity index (χ4v) is 3.78. The molecule has 2 rings (SSSR count). The number of benzene rings is 1. The van der Waals surface area contributed by atoms with E-state index in [4.69, 9.17) is 4.74 Å². The SMILES string of the molecule is CC(=O)CCCC(=O)Nc1ccc(C[C@@H]2OC(CO)[C@@H](O)C(O)C2NC(C)=O)c(C(F)F)c1. The van der Waals surface area contributed by atoms with Crippen molar-refractivity contribution in [1.29, 1.82) is 0 Å². The highest BCUT2D eigenvalue weighted by Gasteiger charge is 2.44. The minimum atomic E-state index is -2.89. The Morgan fingerprint density at radius 1 is 1.09 bits per heavy atom. The Labute approximate surface area is 190 Å². The van der Waals surface area contributed by atoms with Crippen LogP contribution in [-0.4, -0.2) is 70.0 Å². The molecule has 1 aliphatic rings. The topological polar surface area (TPSA) is 145 Å². The molecular formula is C22H30F2N2O7. The fourth-order valence-electron chi connectivity index (χ4n) is 3.78. The molecule has 1 saturated heterocycles. The molecular weight excluding hydrogens is 442 g/mol. The van der Waals surface area contributed by atoms with Crippen LogP contribution in [0.5, 0.6) is 0 Å². The summed E-state index contributed by atoms with van der Waals surface area (Å²) in [5, 5.41) is 34.9. The van der Waals surface area contributed by atoms with Crippen molar-refractivity contribution in [2.24, 2.45) is 0 Å². The zero-order valence-corrected chi connectivity index (χ0v) is 18.5. The first-order valence-corrected chi connectivity index (χ1v) is 10.6. The lowest BCUT2D eigenvalue weighted by molar-refractivity contribution is -0.194. The van der Waals surface area contributed by atoms with E-state index < -0.39 is 55.3 Å². The predicted octanol–water partition coefficient (Wildman–Crippen LogP) is 0.851. The highest BCUT2D eigenvalue weighted by Crippen LogP contribution is 2.30. The van der Waals surface area contributed by atoms with Gasteiger partial charge in [-0.15, -0.1) is 0 Å². The number of aliphatic hydroxyl groups is 3. The van der Waals surface area contributed by atoms with Crippen molar-refractivity contribution < 1.29 is 43.2 Å². The maximum atomic E-state index is 13.8. The van der Waals surface area contributed by atoms with E-state index in [1.807, 2.05) is 0 Å². The monoisotopic (exact) mass is 472 g/mol. The number of nitrogens with one attached hydrogen (secondary N) is 2. The number of ether oxygens (including phenoxy) is 1. The van der Waals surface area contributed by atoms with Gasteiger partial charge in [0, 0.05) is 37.4 Å². The van der Waals surface area contributed by atoms with Gasteiger partial charge in [0.15, 0.2) is 0 Å². The number of carbonyl (C=O) groups is 3. The van der Waals surface area contributed by atoms with Crippen LogP contribution in [0.15, 0.2) is 18.2 Å². The first-order chi connectivity index (χ1) is 15.5. The van der Waals surface area contributed by atoms with Crippen molar-refractivity contribution in [2.45, 2.75) is 76.4 Å². The third kappa shape index (κ3) is 7.53. The highest BCUT2D eigenvalue weighted by molar-refractivity contribution is 5.91. The molecule has 1 aromatic rings. The molecule has 9 nitrogen and oxygen atoms in total. The van der Waals surface area contributed by atoms with Gasteiger partial charge in [0.05, 0.1) is 18.8 Å². The summed E-state index contributed by atoms with van der Waals surface area (Å²) in [5.74, 6) is -0.969. The summed E-state index contributed by atoms with van der Waals surface area (Å²) >= 11 is 0. The number of aliphatic hydroxyl groups excluding tert-OH is 3. The molecule has 11 heteroatoms. The summed E-state index contributed by atoms with van der Waals surface area (Å²) in [7, 11) is 0. The number of alkyl halides is 2. The van der Waals surface area contributed by atoms with Gasteiger partial charge in [0.25, 0.3) is 6.43 Å². The Kier molecular flexibility index (Phi) is 9.84. The number of anilines is 1. The summed E-state index contributed by atoms with van der Waals surface area (Å²) in [5.41, 5.74) is -0.0587. The lowest BCUT2D eigenvalue weighted by atomic mass is 9.88. The zero-order chi connectivity index (χ0) is 24.7. The molecule has 0 aromatic heterocycles. The van der Waals surface area contributed by atoms with Gasteiger partial charge in [-0.25, -0.2) is 8.78 Å². The number of carbonyl (C=O) groups excluding carboxylic acids is 3. The standard InChI is InChI=1S/C22H30F2N2O7/c1-11(28)4-3-5-18(30)26-14-7-6-13(15(9-14)22(23)24)8-16-19(25-12(2)29)21(32)20(31)17(10-27)33-16/h6-7,9,16-17,19-22,27,31-32H,3-5,8,10H2,1-2H3,(H,25,29)(H,26,30)/t16-,17?,19?,20+,21?/m0/s1. The fraction of sp³-hybridized carbons (Fsp3) is 0.591. The van der Waals surface area contributed by atoms with Crippen LogP contribution in [0.1, 0.15) is 50.7 Å². The lowest BCUT2D eigenvalue weighted by Crippen LogP contribution is -2.64. The molecule has 1 fully saturated rings. The van der Waals surface area contributed by atoms with Crippen molar-refractivity contribution in [1.82, 2.24) is 5.32 Å². The van der Waals surface area contributed by atoms with Gasteiger partial charge in [-0.05, 0) is 31.0 Å². The highest BCUT2D eigenvalue weighted by atomic mass is 19.3. The molecule has 1 heterocycles. The molecule has 5 atom stereocenters. The minimum absolute atomic E-state index is 0.0456. The van der Waals surface area contributed by atoms with Gasteiger partial charge in [-0.1, -0.05) is 6.07 Å². The van der Waals surface area contributed by atoms with Crippen molar-refractivity contribution >= 4 is 23.3 Å². The van der Waals surface area contributed by atoms with Gasteiger partial charge in [-0.2, -0.15) is 0 Å². The minimum Gasteiger partial charge on any atom is -0.394 e. The smallest absolute Gasteiger partial charge is 0.264 e. The Hall–Kier alpha value is -2.47. The molecule has 1 aromatic carbocycles. The van der Waals surface area contributed by atoms with Crippen LogP contribution in [0.25, 0.3) is 0 Å². The number of amides is 2. The van der Waals surface area contributed by atoms with E-state index in [0.717, 1.165) is 6.07 Å². The molecule has 0 radical (unpaired) electrons. The van der Waals surface area contributed by atoms with E-state index in [-0.39, 0.29) is 41.9 Å². The number of Topliss-reactive ketones (excluding diaryl/α,β-unsaturated/α-hetero) is 1. The summed E-state index contributed by atoms with van der Waals surface area (Å²) in [6, 6.07) is 2.86. The molecule has 184 valence electrons. The van der Waals surface area contributed by atoms with Crippen LogP contribution in [-0.2, 0) is 25.5 Å². The quantitative estimate of drug-likeness (QED) is 0.339. The van der Waals surface area contributed by atoms with Gasteiger partial charge < -0.3 is 35.5 Å². The average Bonchev–Trinajstić information content (AvgIpc) is 2.73. The summed E-state index contributed by atoms with van der Waals surface area (Å²) < 4.78 is 33.2. The maximum absolute atomic E-state index is 13.8. The molecule has 1 aliphatic heterocycles. The summed E-state index contributed by atoms with van der Waals surface area (Å²) in [6.07, 6.45) is -7.48. The van der Waals surface area contributed by atoms with E-state index >= 15 is 0 Å². The molecule has 0 bridgehead atoms. The summed E-state index contributed by atoms with van der Waals surface area (Å²) in [6.45, 7) is 2.01. The van der Waals surface area contributed by atoms with Crippen molar-refractivity contribution in [3.05, 3.63) is 29.3 Å². The Morgan fingerprint density at radius 3 is 2.36 bits per heavy atom. The number of halogens is 2. The molecule has 0 spiro atoms. The third-order valence-corrected chi connectivity index (χ3v) is 5.42. The lowest BCUT2D eigenvalue weighted by Gasteiger charge is -2.43. The van der Waals surface area contributed by atoms with E-state index in [0.29, 0.717) is 6.42 Å². The Bertz CT molecular complexity index is 852. The number of ketones is 1. The molecule has 3 unspecified atom stereocenters. The van der Waals surface area contributed by atoms with E-state index in [2.05, 4.69) is 10.6 Å². The molecule has 5 N–H and O–H groups in total. The zero-order valence-electron chi connectivity index (χ0n) is 18.5. The Balaban J connectivity index is 2.21. The van der Waals surface area contributed by atoms with Crippen molar-refractivity contribution in [3.8, 4) is 0 Å². The van der Waals surface area contributed by atoms with Crippen molar-refractivity contribution in [3.63, 3.8) is 0 Å². The van der Waals surface area contributed by atoms with Gasteiger partial charge >= 0.3 is 0 Å². The number of rotatable bonds is 10. The maximum Gasteiger partial charge on any atom is 0.264 e. The normalized spacial score (nSPS) is 25.0. The number of hydrogen-bond donors (Lipinski definition) is 5. The average molecular weight is 472 g/mol. The van der Waals surface area contributed by atoms with Crippen LogP contribution in [0.4, 0.5) is 14.5 Å². The molecule has 0 saturated carbocycles. The van der Waals surface area contributed by atoms with E-state index in [1.54, 1.807) is 0 Å². The van der Waals surface area contributed by atoms with E-state index in [1.165, 1.54) is 26.0 Å². The van der Waals surface area contributed by atoms with Gasteiger partial charge in [-0.3, -0.25) is 9.59 Å².